The second kappa shape index (κ2) is 7.33. The maximum atomic E-state index is 11.5. The highest BCUT2D eigenvalue weighted by atomic mass is 16.4. The van der Waals surface area contributed by atoms with Crippen molar-refractivity contribution in [2.45, 2.75) is 124 Å². The Morgan fingerprint density at radius 2 is 1.53 bits per heavy atom. The maximum Gasteiger partial charge on any atom is 0.107 e. The van der Waals surface area contributed by atoms with Gasteiger partial charge in [0.1, 0.15) is 6.10 Å². The normalized spacial score (nSPS) is 54.7. The zero-order chi connectivity index (χ0) is 25.1. The van der Waals surface area contributed by atoms with Gasteiger partial charge in [0.2, 0.25) is 0 Å². The van der Waals surface area contributed by atoms with Crippen LogP contribution in [0.25, 0.3) is 0 Å². The minimum absolute atomic E-state index is 0.126. The van der Waals surface area contributed by atoms with Crippen molar-refractivity contribution in [3.05, 3.63) is 12.2 Å². The highest BCUT2D eigenvalue weighted by Crippen LogP contribution is 2.89. The number of aliphatic hydroxyl groups excluding tert-OH is 3. The molecule has 5 rings (SSSR count). The van der Waals surface area contributed by atoms with Crippen molar-refractivity contribution in [3.8, 4) is 0 Å². The minimum Gasteiger partial charge on any atom is -0.390 e. The Labute approximate surface area is 207 Å². The number of allylic oxidation sites excluding steroid dienone is 1. The summed E-state index contributed by atoms with van der Waals surface area (Å²) < 4.78 is 0. The monoisotopic (exact) mass is 474 g/mol. The van der Waals surface area contributed by atoms with E-state index in [2.05, 4.69) is 40.7 Å². The van der Waals surface area contributed by atoms with Crippen LogP contribution in [0.1, 0.15) is 99.8 Å². The molecule has 194 valence electrons. The van der Waals surface area contributed by atoms with Crippen LogP contribution < -0.4 is 0 Å². The van der Waals surface area contributed by atoms with Crippen molar-refractivity contribution in [1.82, 2.24) is 0 Å². The van der Waals surface area contributed by atoms with Crippen molar-refractivity contribution in [2.24, 2.45) is 50.7 Å². The molecule has 4 heteroatoms. The molecule has 4 nitrogen and oxygen atoms in total. The quantitative estimate of drug-likeness (QED) is 0.428. The summed E-state index contributed by atoms with van der Waals surface area (Å²) in [6.45, 7) is 15.4. The van der Waals surface area contributed by atoms with Gasteiger partial charge in [0.25, 0.3) is 0 Å². The highest BCUT2D eigenvalue weighted by molar-refractivity contribution is 5.33. The molecule has 0 aromatic rings. The Hall–Kier alpha value is -0.420. The summed E-state index contributed by atoms with van der Waals surface area (Å²) in [6, 6.07) is 0. The standard InChI is InChI=1S/C30H50O4/c1-18(9-8-13-25(2,3)34)19-12-14-28(7)21-11-10-20-26(4,5)23(32)22(31)24(33)30(20)17-29(21,30)16-15-27(19,28)6/h8,13,18-24,31-34H,9-12,14-17H2,1-7H3. The molecule has 0 aromatic heterocycles. The summed E-state index contributed by atoms with van der Waals surface area (Å²) in [5.41, 5.74) is -0.675. The molecule has 34 heavy (non-hydrogen) atoms. The molecule has 5 saturated carbocycles. The van der Waals surface area contributed by atoms with E-state index in [1.807, 2.05) is 19.9 Å². The fraction of sp³-hybridized carbons (Fsp3) is 0.933. The Kier molecular flexibility index (Phi) is 5.44. The van der Waals surface area contributed by atoms with Crippen molar-refractivity contribution >= 4 is 0 Å². The molecular formula is C30H50O4. The van der Waals surface area contributed by atoms with Gasteiger partial charge in [-0.25, -0.2) is 0 Å². The van der Waals surface area contributed by atoms with Crippen LogP contribution in [-0.2, 0) is 0 Å². The number of rotatable bonds is 4. The molecule has 5 fully saturated rings. The molecule has 0 radical (unpaired) electrons. The van der Waals surface area contributed by atoms with Crippen molar-refractivity contribution in [3.63, 3.8) is 0 Å². The summed E-state index contributed by atoms with van der Waals surface area (Å²) >= 11 is 0. The third kappa shape index (κ3) is 2.92. The Morgan fingerprint density at radius 1 is 0.882 bits per heavy atom. The van der Waals surface area contributed by atoms with E-state index in [4.69, 9.17) is 0 Å². The zero-order valence-corrected chi connectivity index (χ0v) is 22.6. The van der Waals surface area contributed by atoms with Gasteiger partial charge >= 0.3 is 0 Å². The van der Waals surface area contributed by atoms with Crippen LogP contribution in [0.15, 0.2) is 12.2 Å². The predicted molar refractivity (Wildman–Crippen MR) is 135 cm³/mol. The van der Waals surface area contributed by atoms with Gasteiger partial charge in [-0.05, 0) is 111 Å². The molecule has 5 aliphatic rings. The predicted octanol–water partition coefficient (Wildman–Crippen LogP) is 5.08. The second-order valence-electron chi connectivity index (χ2n) is 15.0. The molecule has 0 aliphatic heterocycles. The Balaban J connectivity index is 1.44. The van der Waals surface area contributed by atoms with Crippen LogP contribution in [0.3, 0.4) is 0 Å². The zero-order valence-electron chi connectivity index (χ0n) is 22.6. The van der Waals surface area contributed by atoms with Gasteiger partial charge in [-0.15, -0.1) is 0 Å². The van der Waals surface area contributed by atoms with Gasteiger partial charge in [-0.3, -0.25) is 0 Å². The molecule has 0 amide bonds. The summed E-state index contributed by atoms with van der Waals surface area (Å²) in [4.78, 5) is 0. The van der Waals surface area contributed by atoms with Crippen LogP contribution in [0.2, 0.25) is 0 Å². The molecule has 5 aliphatic carbocycles. The van der Waals surface area contributed by atoms with Gasteiger partial charge in [-0.2, -0.15) is 0 Å². The molecule has 11 unspecified atom stereocenters. The van der Waals surface area contributed by atoms with E-state index in [-0.39, 0.29) is 33.0 Å². The molecule has 2 spiro atoms. The first-order valence-electron chi connectivity index (χ1n) is 14.0. The largest absolute Gasteiger partial charge is 0.390 e. The van der Waals surface area contributed by atoms with Crippen LogP contribution in [-0.4, -0.2) is 44.3 Å². The minimum atomic E-state index is -1.04. The van der Waals surface area contributed by atoms with E-state index < -0.39 is 23.9 Å². The average molecular weight is 475 g/mol. The van der Waals surface area contributed by atoms with Gasteiger partial charge in [0.15, 0.2) is 0 Å². The number of hydrogen-bond acceptors (Lipinski definition) is 4. The number of fused-ring (bicyclic) bond motifs is 2. The van der Waals surface area contributed by atoms with Crippen LogP contribution in [0, 0.1) is 50.7 Å². The van der Waals surface area contributed by atoms with Crippen LogP contribution >= 0.6 is 0 Å². The lowest BCUT2D eigenvalue weighted by Crippen LogP contribution is -2.65. The van der Waals surface area contributed by atoms with Crippen LogP contribution in [0.5, 0.6) is 0 Å². The Morgan fingerprint density at radius 3 is 2.18 bits per heavy atom. The lowest BCUT2D eigenvalue weighted by Gasteiger charge is -2.64. The van der Waals surface area contributed by atoms with E-state index in [9.17, 15) is 20.4 Å². The van der Waals surface area contributed by atoms with Crippen LogP contribution in [0.4, 0.5) is 0 Å². The average Bonchev–Trinajstić information content (AvgIpc) is 3.35. The molecule has 0 aromatic carbocycles. The van der Waals surface area contributed by atoms with E-state index >= 15 is 0 Å². The van der Waals surface area contributed by atoms with Crippen molar-refractivity contribution < 1.29 is 20.4 Å². The first-order valence-corrected chi connectivity index (χ1v) is 14.0. The molecular weight excluding hydrogens is 424 g/mol. The van der Waals surface area contributed by atoms with Gasteiger partial charge in [0.05, 0.1) is 17.8 Å². The third-order valence-corrected chi connectivity index (χ3v) is 13.0. The molecule has 11 atom stereocenters. The number of hydrogen-bond donors (Lipinski definition) is 4. The lowest BCUT2D eigenvalue weighted by atomic mass is 9.41. The molecule has 4 N–H and O–H groups in total. The second-order valence-corrected chi connectivity index (χ2v) is 15.0. The summed E-state index contributed by atoms with van der Waals surface area (Å²) in [5.74, 6) is 2.13. The molecule has 0 bridgehead atoms. The first kappa shape index (κ1) is 25.2. The first-order chi connectivity index (χ1) is 15.6. The van der Waals surface area contributed by atoms with Crippen molar-refractivity contribution in [2.75, 3.05) is 0 Å². The highest BCUT2D eigenvalue weighted by Gasteiger charge is 2.85. The summed E-state index contributed by atoms with van der Waals surface area (Å²) in [7, 11) is 0. The molecule has 0 heterocycles. The topological polar surface area (TPSA) is 80.9 Å². The van der Waals surface area contributed by atoms with Gasteiger partial charge < -0.3 is 20.4 Å². The van der Waals surface area contributed by atoms with E-state index in [0.29, 0.717) is 17.8 Å². The van der Waals surface area contributed by atoms with E-state index in [0.717, 1.165) is 25.7 Å². The number of aliphatic hydroxyl groups is 4. The summed E-state index contributed by atoms with van der Waals surface area (Å²) in [5, 5.41) is 43.3. The Bertz CT molecular complexity index is 858. The molecule has 0 saturated heterocycles. The van der Waals surface area contributed by atoms with E-state index in [1.165, 1.54) is 25.7 Å². The fourth-order valence-corrected chi connectivity index (χ4v) is 11.1. The third-order valence-electron chi connectivity index (χ3n) is 13.0. The van der Waals surface area contributed by atoms with E-state index in [1.54, 1.807) is 0 Å². The van der Waals surface area contributed by atoms with Crippen molar-refractivity contribution in [1.29, 1.82) is 0 Å². The fourth-order valence-electron chi connectivity index (χ4n) is 11.1. The lowest BCUT2D eigenvalue weighted by molar-refractivity contribution is -0.236. The SMILES string of the molecule is CC(CC=CC(C)(C)O)C1CCC2(C)C3CCC4C(C)(C)C(O)C(O)C(O)C45CC35CCC12C. The van der Waals surface area contributed by atoms with Gasteiger partial charge in [0, 0.05) is 5.41 Å². The van der Waals surface area contributed by atoms with Gasteiger partial charge in [-0.1, -0.05) is 46.8 Å². The maximum absolute atomic E-state index is 11.5. The smallest absolute Gasteiger partial charge is 0.107 e. The summed E-state index contributed by atoms with van der Waals surface area (Å²) in [6.07, 6.45) is 10.6.